The molecule has 2 aromatic carbocycles. The van der Waals surface area contributed by atoms with Crippen molar-refractivity contribution in [1.82, 2.24) is 30.3 Å². The van der Waals surface area contributed by atoms with Crippen molar-refractivity contribution in [3.05, 3.63) is 95.8 Å². The first-order chi connectivity index (χ1) is 26.4. The molecule has 0 radical (unpaired) electrons. The highest BCUT2D eigenvalue weighted by Crippen LogP contribution is 2.41. The topological polar surface area (TPSA) is 170 Å². The maximum absolute atomic E-state index is 15.0. The Bertz CT molecular complexity index is 1940. The van der Waals surface area contributed by atoms with Crippen molar-refractivity contribution in [3.8, 4) is 11.1 Å². The first-order valence-electron chi connectivity index (χ1n) is 18.4. The van der Waals surface area contributed by atoms with Crippen molar-refractivity contribution in [2.24, 2.45) is 11.3 Å². The van der Waals surface area contributed by atoms with Crippen LogP contribution in [0.15, 0.2) is 72.9 Å². The van der Waals surface area contributed by atoms with Crippen LogP contribution < -0.4 is 16.0 Å². The van der Waals surface area contributed by atoms with Crippen LogP contribution >= 0.6 is 0 Å². The van der Waals surface area contributed by atoms with E-state index in [0.717, 1.165) is 40.8 Å². The Morgan fingerprint density at radius 3 is 2.16 bits per heavy atom. The molecular formula is C41H50F2N6O7. The zero-order chi connectivity index (χ0) is 41.3. The Balaban J connectivity index is 1.47. The Morgan fingerprint density at radius 2 is 1.55 bits per heavy atom. The fourth-order valence-electron chi connectivity index (χ4n) is 6.57. The number of imide groups is 1. The lowest BCUT2D eigenvalue weighted by Gasteiger charge is -2.41. The average Bonchev–Trinajstić information content (AvgIpc) is 3.69. The van der Waals surface area contributed by atoms with Gasteiger partial charge in [0.15, 0.2) is 0 Å². The van der Waals surface area contributed by atoms with Crippen LogP contribution in [0, 0.1) is 23.0 Å². The molecule has 1 aromatic heterocycles. The van der Waals surface area contributed by atoms with E-state index in [0.29, 0.717) is 17.8 Å². The van der Waals surface area contributed by atoms with E-state index < -0.39 is 89.7 Å². The fraction of sp³-hybridized carbons (Fsp3) is 0.415. The molecule has 0 spiro atoms. The third kappa shape index (κ3) is 11.0. The maximum atomic E-state index is 15.0. The van der Waals surface area contributed by atoms with Gasteiger partial charge in [0.2, 0.25) is 23.6 Å². The Labute approximate surface area is 325 Å². The standard InChI is InChI=1S/C41H50F2N6O7/c1-25(2)37(46-33(51)23-49-34(52)15-16-35(49)53)40(56)45-26(3)39(55)44-17-10-18-48(36(54)24-50)38(41(4,5)6)32-19-28(30-20-29(42)13-14-31(30)43)22-47(32)21-27-11-8-7-9-12-27/h7-9,11-16,19-20,22,25-26,37-38,50H,10,17-18,21,23-24H2,1-6H3,(H,44,55)(H,45,56)(H,46,51)/t26-,37-,38-/m0/s1. The first-order valence-corrected chi connectivity index (χ1v) is 18.4. The lowest BCUT2D eigenvalue weighted by molar-refractivity contribution is -0.142. The summed E-state index contributed by atoms with van der Waals surface area (Å²) in [6.45, 7) is 9.83. The average molecular weight is 777 g/mol. The number of halogens is 2. The Morgan fingerprint density at radius 1 is 0.893 bits per heavy atom. The summed E-state index contributed by atoms with van der Waals surface area (Å²) >= 11 is 0. The minimum absolute atomic E-state index is 0.0596. The van der Waals surface area contributed by atoms with Crippen LogP contribution in [-0.4, -0.2) is 93.2 Å². The molecule has 0 aliphatic carbocycles. The number of aliphatic hydroxyl groups is 1. The highest BCUT2D eigenvalue weighted by Gasteiger charge is 2.37. The molecule has 300 valence electrons. The normalized spacial score (nSPS) is 14.4. The molecule has 0 saturated heterocycles. The van der Waals surface area contributed by atoms with Crippen molar-refractivity contribution in [2.75, 3.05) is 26.2 Å². The van der Waals surface area contributed by atoms with Crippen molar-refractivity contribution in [2.45, 2.75) is 72.6 Å². The zero-order valence-electron chi connectivity index (χ0n) is 32.5. The number of carbonyl (C=O) groups is 6. The van der Waals surface area contributed by atoms with Gasteiger partial charge in [-0.3, -0.25) is 33.7 Å². The summed E-state index contributed by atoms with van der Waals surface area (Å²) in [5, 5.41) is 18.0. The summed E-state index contributed by atoms with van der Waals surface area (Å²) in [5.41, 5.74) is 1.40. The molecular weight excluding hydrogens is 726 g/mol. The van der Waals surface area contributed by atoms with Crippen molar-refractivity contribution >= 4 is 35.4 Å². The summed E-state index contributed by atoms with van der Waals surface area (Å²) in [7, 11) is 0. The molecule has 0 bridgehead atoms. The number of amides is 6. The molecule has 56 heavy (non-hydrogen) atoms. The van der Waals surface area contributed by atoms with Crippen LogP contribution in [0.25, 0.3) is 11.1 Å². The first kappa shape index (κ1) is 43.0. The summed E-state index contributed by atoms with van der Waals surface area (Å²) in [5.74, 6) is -5.35. The van der Waals surface area contributed by atoms with E-state index in [2.05, 4.69) is 16.0 Å². The smallest absolute Gasteiger partial charge is 0.254 e. The number of benzene rings is 2. The van der Waals surface area contributed by atoms with Crippen LogP contribution in [0.1, 0.15) is 65.3 Å². The SMILES string of the molecule is CC(C)[C@H](NC(=O)CN1C(=O)C=CC1=O)C(=O)N[C@@H](C)C(=O)NCCCN(C(=O)CO)[C@@H](c1cc(-c2cc(F)ccc2F)cn1Cc1ccccc1)C(C)(C)C. The lowest BCUT2D eigenvalue weighted by atomic mass is 9.83. The highest BCUT2D eigenvalue weighted by molar-refractivity contribution is 6.14. The number of nitrogens with zero attached hydrogens (tertiary/aromatic N) is 3. The van der Waals surface area contributed by atoms with Crippen LogP contribution in [0.3, 0.4) is 0 Å². The summed E-state index contributed by atoms with van der Waals surface area (Å²) in [4.78, 5) is 78.2. The van der Waals surface area contributed by atoms with Crippen molar-refractivity contribution in [3.63, 3.8) is 0 Å². The molecule has 6 amide bonds. The molecule has 4 rings (SSSR count). The van der Waals surface area contributed by atoms with Gasteiger partial charge in [-0.25, -0.2) is 8.78 Å². The van der Waals surface area contributed by atoms with Gasteiger partial charge in [0.05, 0.1) is 6.04 Å². The van der Waals surface area contributed by atoms with Gasteiger partial charge in [0.1, 0.15) is 36.9 Å². The summed E-state index contributed by atoms with van der Waals surface area (Å²) < 4.78 is 31.2. The molecule has 3 aromatic rings. The van der Waals surface area contributed by atoms with E-state index in [9.17, 15) is 38.3 Å². The van der Waals surface area contributed by atoms with Gasteiger partial charge in [-0.1, -0.05) is 65.0 Å². The molecule has 4 N–H and O–H groups in total. The molecule has 0 unspecified atom stereocenters. The van der Waals surface area contributed by atoms with E-state index in [4.69, 9.17) is 0 Å². The van der Waals surface area contributed by atoms with E-state index >= 15 is 4.39 Å². The molecule has 13 nitrogen and oxygen atoms in total. The van der Waals surface area contributed by atoms with Gasteiger partial charge in [-0.15, -0.1) is 0 Å². The Kier molecular flexibility index (Phi) is 14.4. The molecule has 0 saturated carbocycles. The van der Waals surface area contributed by atoms with Gasteiger partial charge in [-0.05, 0) is 54.5 Å². The summed E-state index contributed by atoms with van der Waals surface area (Å²) in [6, 6.07) is 11.7. The molecule has 15 heteroatoms. The number of hydrogen-bond donors (Lipinski definition) is 4. The lowest BCUT2D eigenvalue weighted by Crippen LogP contribution is -2.56. The molecule has 2 heterocycles. The molecule has 1 aliphatic heterocycles. The van der Waals surface area contributed by atoms with Gasteiger partial charge in [0.25, 0.3) is 11.8 Å². The molecule has 0 fully saturated rings. The number of hydrogen-bond acceptors (Lipinski definition) is 7. The van der Waals surface area contributed by atoms with Crippen LogP contribution in [0.5, 0.6) is 0 Å². The molecule has 3 atom stereocenters. The number of carbonyl (C=O) groups excluding carboxylic acids is 6. The third-order valence-electron chi connectivity index (χ3n) is 9.33. The predicted molar refractivity (Wildman–Crippen MR) is 204 cm³/mol. The van der Waals surface area contributed by atoms with Gasteiger partial charge >= 0.3 is 0 Å². The maximum Gasteiger partial charge on any atom is 0.254 e. The number of aromatic nitrogens is 1. The predicted octanol–water partition coefficient (Wildman–Crippen LogP) is 3.47. The monoisotopic (exact) mass is 776 g/mol. The quantitative estimate of drug-likeness (QED) is 0.120. The van der Waals surface area contributed by atoms with Gasteiger partial charge in [-0.2, -0.15) is 0 Å². The third-order valence-corrected chi connectivity index (χ3v) is 9.33. The second-order valence-corrected chi connectivity index (χ2v) is 15.2. The van der Waals surface area contributed by atoms with E-state index in [1.54, 1.807) is 26.1 Å². The van der Waals surface area contributed by atoms with Crippen LogP contribution in [0.2, 0.25) is 0 Å². The van der Waals surface area contributed by atoms with E-state index in [-0.39, 0.29) is 25.1 Å². The second kappa shape index (κ2) is 18.8. The molecule has 1 aliphatic rings. The number of aliphatic hydroxyl groups excluding tert-OH is 1. The Hall–Kier alpha value is -5.70. The second-order valence-electron chi connectivity index (χ2n) is 15.2. The number of nitrogens with one attached hydrogen (secondary N) is 3. The van der Waals surface area contributed by atoms with E-state index in [1.165, 1.54) is 11.8 Å². The van der Waals surface area contributed by atoms with Gasteiger partial charge < -0.3 is 30.5 Å². The summed E-state index contributed by atoms with van der Waals surface area (Å²) in [6.07, 6.45) is 4.07. The zero-order valence-corrected chi connectivity index (χ0v) is 32.5. The van der Waals surface area contributed by atoms with Crippen LogP contribution in [-0.2, 0) is 35.3 Å². The largest absolute Gasteiger partial charge is 0.387 e. The van der Waals surface area contributed by atoms with E-state index in [1.807, 2.05) is 55.7 Å². The minimum Gasteiger partial charge on any atom is -0.387 e. The van der Waals surface area contributed by atoms with Crippen LogP contribution in [0.4, 0.5) is 8.78 Å². The van der Waals surface area contributed by atoms with Gasteiger partial charge in [0, 0.05) is 54.8 Å². The highest BCUT2D eigenvalue weighted by atomic mass is 19.1. The fourth-order valence-corrected chi connectivity index (χ4v) is 6.57. The van der Waals surface area contributed by atoms with Crippen molar-refractivity contribution in [1.29, 1.82) is 0 Å². The van der Waals surface area contributed by atoms with Crippen molar-refractivity contribution < 1.29 is 42.7 Å². The number of rotatable bonds is 17. The minimum atomic E-state index is -1.07.